The molecule has 24 heavy (non-hydrogen) atoms. The van der Waals surface area contributed by atoms with E-state index in [-0.39, 0.29) is 0 Å². The maximum absolute atomic E-state index is 12.8. The van der Waals surface area contributed by atoms with Crippen LogP contribution in [0.1, 0.15) is 54.4 Å². The fourth-order valence-electron chi connectivity index (χ4n) is 5.09. The topological polar surface area (TPSA) is 39.2 Å². The van der Waals surface area contributed by atoms with Gasteiger partial charge in [-0.3, -0.25) is 4.79 Å². The summed E-state index contributed by atoms with van der Waals surface area (Å²) >= 11 is 0. The lowest BCUT2D eigenvalue weighted by Crippen LogP contribution is -2.15. The van der Waals surface area contributed by atoms with Crippen LogP contribution in [0.4, 0.5) is 0 Å². The Kier molecular flexibility index (Phi) is 3.36. The lowest BCUT2D eigenvalue weighted by molar-refractivity contribution is 0.0944. The zero-order chi connectivity index (χ0) is 16.1. The number of hydrogen-bond donors (Lipinski definition) is 0. The first kappa shape index (κ1) is 14.4. The van der Waals surface area contributed by atoms with Gasteiger partial charge in [-0.25, -0.2) is 4.98 Å². The van der Waals surface area contributed by atoms with E-state index in [0.717, 1.165) is 60.1 Å². The number of aromatic nitrogens is 1. The summed E-state index contributed by atoms with van der Waals surface area (Å²) in [4.78, 5) is 17.4. The highest BCUT2D eigenvalue weighted by atomic mass is 16.5. The van der Waals surface area contributed by atoms with E-state index in [2.05, 4.69) is 11.1 Å². The van der Waals surface area contributed by atoms with Gasteiger partial charge >= 0.3 is 0 Å². The van der Waals surface area contributed by atoms with E-state index in [9.17, 15) is 4.79 Å². The van der Waals surface area contributed by atoms with Crippen molar-refractivity contribution in [2.24, 2.45) is 17.8 Å². The summed E-state index contributed by atoms with van der Waals surface area (Å²) in [5.74, 6) is 3.42. The second kappa shape index (κ2) is 5.58. The third kappa shape index (κ3) is 2.42. The first-order valence-corrected chi connectivity index (χ1v) is 9.36. The van der Waals surface area contributed by atoms with Gasteiger partial charge in [-0.05, 0) is 74.1 Å². The summed E-state index contributed by atoms with van der Waals surface area (Å²) in [7, 11) is 0. The number of aryl methyl sites for hydroxylation is 1. The number of hydrogen-bond acceptors (Lipinski definition) is 3. The molecule has 0 radical (unpaired) electrons. The number of nitrogens with zero attached hydrogens (tertiary/aromatic N) is 1. The lowest BCUT2D eigenvalue weighted by atomic mass is 9.84. The Morgan fingerprint density at radius 3 is 3.00 bits per heavy atom. The molecule has 1 aliphatic heterocycles. The molecule has 2 saturated carbocycles. The highest BCUT2D eigenvalue weighted by Gasteiger charge is 2.40. The van der Waals surface area contributed by atoms with Gasteiger partial charge in [-0.15, -0.1) is 0 Å². The number of ether oxygens (including phenoxy) is 1. The predicted octanol–water partition coefficient (Wildman–Crippen LogP) is 4.57. The smallest absolute Gasteiger partial charge is 0.217 e. The molecule has 5 rings (SSSR count). The van der Waals surface area contributed by atoms with Crippen molar-refractivity contribution in [3.8, 4) is 5.88 Å². The van der Waals surface area contributed by atoms with Crippen LogP contribution >= 0.6 is 0 Å². The van der Waals surface area contributed by atoms with Crippen LogP contribution in [0.3, 0.4) is 0 Å². The molecule has 0 saturated heterocycles. The third-order valence-electron chi connectivity index (χ3n) is 6.34. The molecule has 0 spiro atoms. The number of pyridine rings is 1. The van der Waals surface area contributed by atoms with Crippen molar-refractivity contribution in [2.45, 2.75) is 44.9 Å². The van der Waals surface area contributed by atoms with Crippen LogP contribution in [0.2, 0.25) is 0 Å². The molecule has 3 unspecified atom stereocenters. The van der Waals surface area contributed by atoms with Crippen LogP contribution in [-0.4, -0.2) is 17.4 Å². The average molecular weight is 321 g/mol. The second-order valence-electron chi connectivity index (χ2n) is 7.87. The molecule has 2 bridgehead atoms. The molecule has 0 amide bonds. The molecule has 3 heteroatoms. The molecule has 2 aliphatic carbocycles. The van der Waals surface area contributed by atoms with Crippen LogP contribution in [0.15, 0.2) is 24.3 Å². The molecule has 2 fully saturated rings. The maximum atomic E-state index is 12.8. The average Bonchev–Trinajstić information content (AvgIpc) is 3.22. The fraction of sp³-hybridized carbons (Fsp3) is 0.524. The summed E-state index contributed by atoms with van der Waals surface area (Å²) in [6.07, 6.45) is 8.17. The highest BCUT2D eigenvalue weighted by Crippen LogP contribution is 2.49. The van der Waals surface area contributed by atoms with Gasteiger partial charge in [0.25, 0.3) is 0 Å². The van der Waals surface area contributed by atoms with Crippen LogP contribution in [0, 0.1) is 17.8 Å². The Hall–Kier alpha value is -1.90. The van der Waals surface area contributed by atoms with Gasteiger partial charge in [-0.1, -0.05) is 6.42 Å². The zero-order valence-corrected chi connectivity index (χ0v) is 14.0. The molecule has 0 N–H and O–H groups in total. The lowest BCUT2D eigenvalue weighted by Gasteiger charge is -2.21. The third-order valence-corrected chi connectivity index (χ3v) is 6.34. The largest absolute Gasteiger partial charge is 0.477 e. The monoisotopic (exact) mass is 321 g/mol. The van der Waals surface area contributed by atoms with Crippen molar-refractivity contribution in [1.82, 2.24) is 4.98 Å². The van der Waals surface area contributed by atoms with Crippen LogP contribution in [0.5, 0.6) is 5.88 Å². The molecule has 2 aromatic rings. The van der Waals surface area contributed by atoms with Gasteiger partial charge in [0.05, 0.1) is 12.1 Å². The van der Waals surface area contributed by atoms with Gasteiger partial charge < -0.3 is 4.74 Å². The Labute approximate surface area is 142 Å². The van der Waals surface area contributed by atoms with E-state index in [4.69, 9.17) is 4.74 Å². The molecule has 2 heterocycles. The number of rotatable bonds is 3. The van der Waals surface area contributed by atoms with Crippen molar-refractivity contribution in [3.63, 3.8) is 0 Å². The summed E-state index contributed by atoms with van der Waals surface area (Å²) in [5, 5.41) is 1.07. The van der Waals surface area contributed by atoms with Crippen LogP contribution in [0.25, 0.3) is 10.9 Å². The van der Waals surface area contributed by atoms with E-state index < -0.39 is 0 Å². The van der Waals surface area contributed by atoms with Crippen molar-refractivity contribution in [3.05, 3.63) is 35.4 Å². The van der Waals surface area contributed by atoms with Crippen molar-refractivity contribution < 1.29 is 9.53 Å². The minimum atomic E-state index is 0.309. The summed E-state index contributed by atoms with van der Waals surface area (Å²) in [5.41, 5.74) is 2.95. The quantitative estimate of drug-likeness (QED) is 0.777. The minimum Gasteiger partial charge on any atom is -0.477 e. The maximum Gasteiger partial charge on any atom is 0.217 e. The number of benzene rings is 1. The summed E-state index contributed by atoms with van der Waals surface area (Å²) < 4.78 is 5.65. The Morgan fingerprint density at radius 2 is 2.17 bits per heavy atom. The van der Waals surface area contributed by atoms with Gasteiger partial charge in [-0.2, -0.15) is 0 Å². The van der Waals surface area contributed by atoms with Gasteiger partial charge in [0.2, 0.25) is 5.88 Å². The standard InChI is InChI=1S/C21H23NO2/c23-20(12-17-9-13-3-4-14(17)8-13)15-5-6-19-18(10-15)11-16-2-1-7-24-21(16)22-19/h5-6,10-11,13-14,17H,1-4,7-9,12H2. The fourth-order valence-corrected chi connectivity index (χ4v) is 5.09. The number of ketones is 1. The second-order valence-corrected chi connectivity index (χ2v) is 7.87. The summed E-state index contributed by atoms with van der Waals surface area (Å²) in [6.45, 7) is 0.756. The molecular weight excluding hydrogens is 298 g/mol. The van der Waals surface area contributed by atoms with Crippen molar-refractivity contribution >= 4 is 16.7 Å². The predicted molar refractivity (Wildman–Crippen MR) is 93.4 cm³/mol. The van der Waals surface area contributed by atoms with Crippen LogP contribution in [-0.2, 0) is 6.42 Å². The Morgan fingerprint density at radius 1 is 1.21 bits per heavy atom. The highest BCUT2D eigenvalue weighted by molar-refractivity contribution is 5.99. The van der Waals surface area contributed by atoms with E-state index in [1.54, 1.807) is 0 Å². The first-order chi connectivity index (χ1) is 11.8. The minimum absolute atomic E-state index is 0.309. The van der Waals surface area contributed by atoms with E-state index in [1.165, 1.54) is 31.2 Å². The van der Waals surface area contributed by atoms with Gasteiger partial charge in [0.1, 0.15) is 0 Å². The SMILES string of the molecule is O=C(CC1CC2CCC1C2)c1ccc2nc3c(cc2c1)CCCO3. The number of carbonyl (C=O) groups excluding carboxylic acids is 1. The molecule has 3 atom stereocenters. The van der Waals surface area contributed by atoms with E-state index in [0.29, 0.717) is 11.7 Å². The molecule has 1 aromatic carbocycles. The molecule has 3 nitrogen and oxygen atoms in total. The van der Waals surface area contributed by atoms with Crippen LogP contribution < -0.4 is 4.74 Å². The van der Waals surface area contributed by atoms with Gasteiger partial charge in [0, 0.05) is 22.9 Å². The molecule has 1 aromatic heterocycles. The van der Waals surface area contributed by atoms with Crippen molar-refractivity contribution in [1.29, 1.82) is 0 Å². The Balaban J connectivity index is 1.41. The van der Waals surface area contributed by atoms with E-state index in [1.807, 2.05) is 18.2 Å². The molecule has 124 valence electrons. The number of Topliss-reactive ketones (excluding diaryl/α,β-unsaturated/α-hetero) is 1. The normalized spacial score (nSPS) is 27.9. The van der Waals surface area contributed by atoms with Gasteiger partial charge in [0.15, 0.2) is 5.78 Å². The number of fused-ring (bicyclic) bond motifs is 4. The number of carbonyl (C=O) groups is 1. The Bertz CT molecular complexity index is 813. The molecule has 3 aliphatic rings. The molecular formula is C21H23NO2. The van der Waals surface area contributed by atoms with Crippen molar-refractivity contribution in [2.75, 3.05) is 6.61 Å². The van der Waals surface area contributed by atoms with E-state index >= 15 is 0 Å². The first-order valence-electron chi connectivity index (χ1n) is 9.36. The zero-order valence-electron chi connectivity index (χ0n) is 14.0. The summed E-state index contributed by atoms with van der Waals surface area (Å²) in [6, 6.07) is 8.11.